The van der Waals surface area contributed by atoms with E-state index in [4.69, 9.17) is 4.74 Å². The number of likely N-dealkylation sites (N-methyl/N-ethyl adjacent to an activating group) is 1. The molecule has 2 fully saturated rings. The summed E-state index contributed by atoms with van der Waals surface area (Å²) < 4.78 is 5.51. The summed E-state index contributed by atoms with van der Waals surface area (Å²) >= 11 is 0. The zero-order chi connectivity index (χ0) is 16.2. The third-order valence-corrected chi connectivity index (χ3v) is 4.68. The second-order valence-electron chi connectivity index (χ2n) is 6.00. The first kappa shape index (κ1) is 16.1. The third kappa shape index (κ3) is 3.45. The Bertz CT molecular complexity index is 545. The second-order valence-corrected chi connectivity index (χ2v) is 6.00. The number of carbonyl (C=O) groups excluding carboxylic acids is 1. The highest BCUT2D eigenvalue weighted by Gasteiger charge is 2.33. The first-order valence-electron chi connectivity index (χ1n) is 8.34. The maximum Gasteiger partial charge on any atom is 0.242 e. The molecule has 0 radical (unpaired) electrons. The summed E-state index contributed by atoms with van der Waals surface area (Å²) in [5.74, 6) is 1.12. The van der Waals surface area contributed by atoms with Gasteiger partial charge in [-0.1, -0.05) is 6.92 Å². The molecule has 0 N–H and O–H groups in total. The zero-order valence-corrected chi connectivity index (χ0v) is 13.9. The number of nitrogens with zero attached hydrogens (tertiary/aromatic N) is 5. The Hall–Kier alpha value is -1.73. The first-order chi connectivity index (χ1) is 11.2. The second kappa shape index (κ2) is 7.23. The Balaban J connectivity index is 1.60. The highest BCUT2D eigenvalue weighted by Crippen LogP contribution is 2.17. The van der Waals surface area contributed by atoms with E-state index in [9.17, 15) is 4.79 Å². The standard InChI is InChI=1S/C16H25N5O2/c1-3-19-10-11-23-12-14(19)16(22)21-8-6-20(7-9-21)15-13(2)17-4-5-18-15/h4-5,14H,3,6-12H2,1-2H3. The van der Waals surface area contributed by atoms with E-state index < -0.39 is 0 Å². The van der Waals surface area contributed by atoms with E-state index in [0.717, 1.165) is 57.4 Å². The van der Waals surface area contributed by atoms with Gasteiger partial charge in [0.2, 0.25) is 5.91 Å². The fourth-order valence-corrected chi connectivity index (χ4v) is 3.30. The number of aromatic nitrogens is 2. The smallest absolute Gasteiger partial charge is 0.242 e. The van der Waals surface area contributed by atoms with Crippen molar-refractivity contribution in [2.24, 2.45) is 0 Å². The van der Waals surface area contributed by atoms with Crippen LogP contribution in [0.2, 0.25) is 0 Å². The largest absolute Gasteiger partial charge is 0.378 e. The average Bonchev–Trinajstić information content (AvgIpc) is 2.61. The van der Waals surface area contributed by atoms with Crippen molar-refractivity contribution in [1.29, 1.82) is 0 Å². The number of hydrogen-bond acceptors (Lipinski definition) is 6. The van der Waals surface area contributed by atoms with Crippen LogP contribution in [0.5, 0.6) is 0 Å². The Morgan fingerprint density at radius 3 is 2.65 bits per heavy atom. The number of aryl methyl sites for hydroxylation is 1. The molecular weight excluding hydrogens is 294 g/mol. The van der Waals surface area contributed by atoms with Crippen molar-refractivity contribution < 1.29 is 9.53 Å². The van der Waals surface area contributed by atoms with Gasteiger partial charge in [0, 0.05) is 45.1 Å². The third-order valence-electron chi connectivity index (χ3n) is 4.68. The summed E-state index contributed by atoms with van der Waals surface area (Å²) in [7, 11) is 0. The Morgan fingerprint density at radius 2 is 1.96 bits per heavy atom. The molecule has 0 bridgehead atoms. The number of rotatable bonds is 3. The molecule has 2 aliphatic rings. The van der Waals surface area contributed by atoms with E-state index >= 15 is 0 Å². The van der Waals surface area contributed by atoms with Crippen LogP contribution in [0.1, 0.15) is 12.6 Å². The minimum Gasteiger partial charge on any atom is -0.378 e. The van der Waals surface area contributed by atoms with Crippen LogP contribution in [0.25, 0.3) is 0 Å². The van der Waals surface area contributed by atoms with Crippen LogP contribution in [0.4, 0.5) is 5.82 Å². The SMILES string of the molecule is CCN1CCOCC1C(=O)N1CCN(c2nccnc2C)CC1. The van der Waals surface area contributed by atoms with E-state index in [0.29, 0.717) is 6.61 Å². The molecule has 1 amide bonds. The van der Waals surface area contributed by atoms with Crippen molar-refractivity contribution in [2.45, 2.75) is 19.9 Å². The summed E-state index contributed by atoms with van der Waals surface area (Å²) in [5.41, 5.74) is 0.935. The Morgan fingerprint density at radius 1 is 1.22 bits per heavy atom. The van der Waals surface area contributed by atoms with Crippen LogP contribution < -0.4 is 4.90 Å². The molecule has 7 heteroatoms. The van der Waals surface area contributed by atoms with Gasteiger partial charge in [0.25, 0.3) is 0 Å². The number of morpholine rings is 1. The number of hydrogen-bond donors (Lipinski definition) is 0. The molecule has 7 nitrogen and oxygen atoms in total. The maximum atomic E-state index is 12.8. The number of carbonyl (C=O) groups is 1. The lowest BCUT2D eigenvalue weighted by Gasteiger charge is -2.40. The summed E-state index contributed by atoms with van der Waals surface area (Å²) in [6.07, 6.45) is 3.43. The normalized spacial score (nSPS) is 23.1. The molecular formula is C16H25N5O2. The van der Waals surface area contributed by atoms with Crippen LogP contribution in [-0.4, -0.2) is 84.2 Å². The number of ether oxygens (including phenoxy) is 1. The molecule has 1 atom stereocenters. The van der Waals surface area contributed by atoms with Gasteiger partial charge in [0.15, 0.2) is 0 Å². The molecule has 2 aliphatic heterocycles. The molecule has 1 aromatic rings. The minimum atomic E-state index is -0.126. The van der Waals surface area contributed by atoms with Gasteiger partial charge in [-0.3, -0.25) is 14.7 Å². The summed E-state index contributed by atoms with van der Waals surface area (Å²) in [5, 5.41) is 0. The Kier molecular flexibility index (Phi) is 5.07. The van der Waals surface area contributed by atoms with Gasteiger partial charge in [-0.15, -0.1) is 0 Å². The lowest BCUT2D eigenvalue weighted by Crippen LogP contribution is -2.58. The molecule has 0 aromatic carbocycles. The highest BCUT2D eigenvalue weighted by atomic mass is 16.5. The molecule has 2 saturated heterocycles. The number of anilines is 1. The summed E-state index contributed by atoms with van der Waals surface area (Å²) in [6.45, 7) is 10.1. The van der Waals surface area contributed by atoms with Crippen LogP contribution >= 0.6 is 0 Å². The molecule has 126 valence electrons. The lowest BCUT2D eigenvalue weighted by molar-refractivity contribution is -0.143. The molecule has 0 aliphatic carbocycles. The lowest BCUT2D eigenvalue weighted by atomic mass is 10.1. The predicted molar refractivity (Wildman–Crippen MR) is 87.4 cm³/mol. The van der Waals surface area contributed by atoms with Crippen molar-refractivity contribution >= 4 is 11.7 Å². The van der Waals surface area contributed by atoms with Crippen LogP contribution in [0, 0.1) is 6.92 Å². The van der Waals surface area contributed by atoms with Crippen LogP contribution in [0.15, 0.2) is 12.4 Å². The maximum absolute atomic E-state index is 12.8. The molecule has 3 rings (SSSR count). The monoisotopic (exact) mass is 319 g/mol. The van der Waals surface area contributed by atoms with E-state index in [1.807, 2.05) is 11.8 Å². The molecule has 1 aromatic heterocycles. The molecule has 1 unspecified atom stereocenters. The zero-order valence-electron chi connectivity index (χ0n) is 13.9. The average molecular weight is 319 g/mol. The van der Waals surface area contributed by atoms with E-state index in [1.165, 1.54) is 0 Å². The quantitative estimate of drug-likeness (QED) is 0.791. The topological polar surface area (TPSA) is 61.8 Å². The molecule has 0 saturated carbocycles. The van der Waals surface area contributed by atoms with Gasteiger partial charge in [-0.05, 0) is 13.5 Å². The predicted octanol–water partition coefficient (Wildman–Crippen LogP) is 0.154. The number of piperazine rings is 1. The minimum absolute atomic E-state index is 0.126. The van der Waals surface area contributed by atoms with Gasteiger partial charge in [-0.2, -0.15) is 0 Å². The fraction of sp³-hybridized carbons (Fsp3) is 0.688. The van der Waals surface area contributed by atoms with Crippen molar-refractivity contribution in [2.75, 3.05) is 57.4 Å². The van der Waals surface area contributed by atoms with Crippen LogP contribution in [-0.2, 0) is 9.53 Å². The van der Waals surface area contributed by atoms with Gasteiger partial charge in [-0.25, -0.2) is 4.98 Å². The number of amides is 1. The van der Waals surface area contributed by atoms with E-state index in [2.05, 4.69) is 26.7 Å². The van der Waals surface area contributed by atoms with Crippen LogP contribution in [0.3, 0.4) is 0 Å². The van der Waals surface area contributed by atoms with Gasteiger partial charge in [0.1, 0.15) is 11.9 Å². The Labute approximate surface area is 137 Å². The fourth-order valence-electron chi connectivity index (χ4n) is 3.30. The molecule has 23 heavy (non-hydrogen) atoms. The molecule has 0 spiro atoms. The summed E-state index contributed by atoms with van der Waals surface area (Å²) in [4.78, 5) is 27.9. The van der Waals surface area contributed by atoms with Crippen molar-refractivity contribution in [3.63, 3.8) is 0 Å². The van der Waals surface area contributed by atoms with Crippen molar-refractivity contribution in [1.82, 2.24) is 19.8 Å². The molecule has 3 heterocycles. The van der Waals surface area contributed by atoms with Crippen molar-refractivity contribution in [3.05, 3.63) is 18.1 Å². The van der Waals surface area contributed by atoms with Gasteiger partial charge < -0.3 is 14.5 Å². The van der Waals surface area contributed by atoms with Gasteiger partial charge in [0.05, 0.1) is 18.9 Å². The van der Waals surface area contributed by atoms with Gasteiger partial charge >= 0.3 is 0 Å². The highest BCUT2D eigenvalue weighted by molar-refractivity contribution is 5.82. The summed E-state index contributed by atoms with van der Waals surface area (Å²) in [6, 6.07) is -0.126. The van der Waals surface area contributed by atoms with Crippen molar-refractivity contribution in [3.8, 4) is 0 Å². The van der Waals surface area contributed by atoms with E-state index in [-0.39, 0.29) is 11.9 Å². The first-order valence-corrected chi connectivity index (χ1v) is 8.34. The van der Waals surface area contributed by atoms with E-state index in [1.54, 1.807) is 12.4 Å².